The molecule has 0 atom stereocenters. The highest BCUT2D eigenvalue weighted by Gasteiger charge is 2.12. The van der Waals surface area contributed by atoms with Gasteiger partial charge >= 0.3 is 0 Å². The van der Waals surface area contributed by atoms with Crippen molar-refractivity contribution in [3.63, 3.8) is 0 Å². The SMILES string of the molecule is CN=C(N)c1cc(C)c(OC)c(C)c1C. The third-order valence-electron chi connectivity index (χ3n) is 2.75. The lowest BCUT2D eigenvalue weighted by molar-refractivity contribution is 0.408. The maximum atomic E-state index is 5.83. The zero-order chi connectivity index (χ0) is 11.6. The summed E-state index contributed by atoms with van der Waals surface area (Å²) in [5.74, 6) is 1.50. The lowest BCUT2D eigenvalue weighted by atomic mass is 9.98. The number of nitrogens with zero attached hydrogens (tertiary/aromatic N) is 1. The number of hydrogen-bond donors (Lipinski definition) is 1. The lowest BCUT2D eigenvalue weighted by Gasteiger charge is -2.15. The van der Waals surface area contributed by atoms with Gasteiger partial charge in [-0.05, 0) is 43.5 Å². The topological polar surface area (TPSA) is 47.6 Å². The Labute approximate surface area is 91.0 Å². The van der Waals surface area contributed by atoms with Gasteiger partial charge in [-0.1, -0.05) is 0 Å². The van der Waals surface area contributed by atoms with Crippen molar-refractivity contribution in [2.75, 3.05) is 14.2 Å². The first-order valence-electron chi connectivity index (χ1n) is 4.90. The molecule has 0 saturated heterocycles. The van der Waals surface area contributed by atoms with Crippen molar-refractivity contribution in [2.45, 2.75) is 20.8 Å². The van der Waals surface area contributed by atoms with Crippen molar-refractivity contribution in [3.8, 4) is 5.75 Å². The van der Waals surface area contributed by atoms with Gasteiger partial charge in [0.05, 0.1) is 7.11 Å². The van der Waals surface area contributed by atoms with E-state index in [1.165, 1.54) is 0 Å². The minimum Gasteiger partial charge on any atom is -0.496 e. The van der Waals surface area contributed by atoms with E-state index in [-0.39, 0.29) is 0 Å². The fraction of sp³-hybridized carbons (Fsp3) is 0.417. The first-order chi connectivity index (χ1) is 7.02. The second-order valence-electron chi connectivity index (χ2n) is 3.63. The van der Waals surface area contributed by atoms with Gasteiger partial charge in [-0.25, -0.2) is 0 Å². The summed E-state index contributed by atoms with van der Waals surface area (Å²) < 4.78 is 5.34. The first kappa shape index (κ1) is 11.6. The molecule has 0 aromatic heterocycles. The Kier molecular flexibility index (Phi) is 3.35. The van der Waals surface area contributed by atoms with Crippen LogP contribution in [0, 0.1) is 20.8 Å². The molecule has 0 bridgehead atoms. The summed E-state index contributed by atoms with van der Waals surface area (Å²) in [7, 11) is 3.38. The van der Waals surface area contributed by atoms with E-state index in [9.17, 15) is 0 Å². The van der Waals surface area contributed by atoms with E-state index in [1.807, 2.05) is 26.8 Å². The minimum atomic E-state index is 0.571. The average Bonchev–Trinajstić information content (AvgIpc) is 2.23. The zero-order valence-corrected chi connectivity index (χ0v) is 10.0. The van der Waals surface area contributed by atoms with E-state index in [0.717, 1.165) is 28.0 Å². The van der Waals surface area contributed by atoms with Gasteiger partial charge in [0.1, 0.15) is 11.6 Å². The normalized spacial score (nSPS) is 11.7. The van der Waals surface area contributed by atoms with Gasteiger partial charge in [-0.3, -0.25) is 4.99 Å². The van der Waals surface area contributed by atoms with Crippen LogP contribution in [0.1, 0.15) is 22.3 Å². The zero-order valence-electron chi connectivity index (χ0n) is 10.0. The number of aryl methyl sites for hydroxylation is 1. The number of methoxy groups -OCH3 is 1. The summed E-state index contributed by atoms with van der Waals surface area (Å²) >= 11 is 0. The summed E-state index contributed by atoms with van der Waals surface area (Å²) in [5.41, 5.74) is 10.2. The number of hydrogen-bond acceptors (Lipinski definition) is 2. The highest BCUT2D eigenvalue weighted by atomic mass is 16.5. The molecule has 15 heavy (non-hydrogen) atoms. The third kappa shape index (κ3) is 1.96. The second kappa shape index (κ2) is 4.34. The molecule has 0 aliphatic carbocycles. The summed E-state index contributed by atoms with van der Waals surface area (Å²) in [6.45, 7) is 6.08. The minimum absolute atomic E-state index is 0.571. The largest absolute Gasteiger partial charge is 0.496 e. The highest BCUT2D eigenvalue weighted by Crippen LogP contribution is 2.28. The van der Waals surface area contributed by atoms with Crippen molar-refractivity contribution < 1.29 is 4.74 Å². The monoisotopic (exact) mass is 206 g/mol. The van der Waals surface area contributed by atoms with Crippen LogP contribution in [0.15, 0.2) is 11.1 Å². The van der Waals surface area contributed by atoms with E-state index in [4.69, 9.17) is 10.5 Å². The number of aliphatic imine (C=N–C) groups is 1. The quantitative estimate of drug-likeness (QED) is 0.594. The van der Waals surface area contributed by atoms with Crippen molar-refractivity contribution in [3.05, 3.63) is 28.3 Å². The standard InChI is InChI=1S/C12H18N2O/c1-7-6-10(12(13)14-4)8(2)9(3)11(7)15-5/h6H,1-5H3,(H2,13,14). The van der Waals surface area contributed by atoms with Crippen molar-refractivity contribution >= 4 is 5.84 Å². The number of nitrogens with two attached hydrogens (primary N) is 1. The molecule has 1 aromatic carbocycles. The van der Waals surface area contributed by atoms with Gasteiger partial charge in [0, 0.05) is 12.6 Å². The molecule has 0 unspecified atom stereocenters. The van der Waals surface area contributed by atoms with Gasteiger partial charge in [0.15, 0.2) is 0 Å². The Morgan fingerprint density at radius 1 is 1.27 bits per heavy atom. The fourth-order valence-corrected chi connectivity index (χ4v) is 1.76. The maximum absolute atomic E-state index is 5.83. The van der Waals surface area contributed by atoms with E-state index >= 15 is 0 Å². The van der Waals surface area contributed by atoms with E-state index in [1.54, 1.807) is 14.2 Å². The predicted molar refractivity (Wildman–Crippen MR) is 63.9 cm³/mol. The van der Waals surface area contributed by atoms with Crippen LogP contribution in [0.25, 0.3) is 0 Å². The van der Waals surface area contributed by atoms with E-state index < -0.39 is 0 Å². The van der Waals surface area contributed by atoms with E-state index in [2.05, 4.69) is 4.99 Å². The van der Waals surface area contributed by atoms with Crippen molar-refractivity contribution in [2.24, 2.45) is 10.7 Å². The molecule has 0 spiro atoms. The highest BCUT2D eigenvalue weighted by molar-refractivity contribution is 5.99. The summed E-state index contributed by atoms with van der Waals surface area (Å²) in [6.07, 6.45) is 0. The second-order valence-corrected chi connectivity index (χ2v) is 3.63. The smallest absolute Gasteiger partial charge is 0.125 e. The summed E-state index contributed by atoms with van der Waals surface area (Å²) in [6, 6.07) is 2.02. The van der Waals surface area contributed by atoms with Gasteiger partial charge in [-0.15, -0.1) is 0 Å². The van der Waals surface area contributed by atoms with Crippen LogP contribution in [0.2, 0.25) is 0 Å². The van der Waals surface area contributed by atoms with Crippen LogP contribution in [0.3, 0.4) is 0 Å². The van der Waals surface area contributed by atoms with E-state index in [0.29, 0.717) is 5.84 Å². The molecule has 0 fully saturated rings. The van der Waals surface area contributed by atoms with Crippen LogP contribution in [-0.2, 0) is 0 Å². The molecule has 2 N–H and O–H groups in total. The van der Waals surface area contributed by atoms with Crippen LogP contribution < -0.4 is 10.5 Å². The molecule has 1 rings (SSSR count). The molecule has 0 radical (unpaired) electrons. The molecule has 1 aromatic rings. The Balaban J connectivity index is 3.47. The number of ether oxygens (including phenoxy) is 1. The van der Waals surface area contributed by atoms with Gasteiger partial charge in [0.2, 0.25) is 0 Å². The molecule has 0 heterocycles. The van der Waals surface area contributed by atoms with Crippen LogP contribution >= 0.6 is 0 Å². The third-order valence-corrected chi connectivity index (χ3v) is 2.75. The molecule has 82 valence electrons. The maximum Gasteiger partial charge on any atom is 0.125 e. The molecule has 0 aliphatic rings. The molecule has 3 nitrogen and oxygen atoms in total. The van der Waals surface area contributed by atoms with Gasteiger partial charge in [-0.2, -0.15) is 0 Å². The Morgan fingerprint density at radius 2 is 1.87 bits per heavy atom. The predicted octanol–water partition coefficient (Wildman–Crippen LogP) is 1.96. The van der Waals surface area contributed by atoms with Crippen LogP contribution in [-0.4, -0.2) is 20.0 Å². The molecule has 0 amide bonds. The van der Waals surface area contributed by atoms with Gasteiger partial charge in [0.25, 0.3) is 0 Å². The molecule has 3 heteroatoms. The lowest BCUT2D eigenvalue weighted by Crippen LogP contribution is -2.15. The van der Waals surface area contributed by atoms with Crippen LogP contribution in [0.4, 0.5) is 0 Å². The van der Waals surface area contributed by atoms with Crippen molar-refractivity contribution in [1.82, 2.24) is 0 Å². The average molecular weight is 206 g/mol. The Hall–Kier alpha value is -1.51. The van der Waals surface area contributed by atoms with Crippen LogP contribution in [0.5, 0.6) is 5.75 Å². The Bertz CT molecular complexity index is 409. The number of rotatable bonds is 2. The summed E-state index contributed by atoms with van der Waals surface area (Å²) in [4.78, 5) is 4.01. The molecule has 0 aliphatic heterocycles. The number of benzene rings is 1. The first-order valence-corrected chi connectivity index (χ1v) is 4.90. The molecular weight excluding hydrogens is 188 g/mol. The fourth-order valence-electron chi connectivity index (χ4n) is 1.76. The summed E-state index contributed by atoms with van der Waals surface area (Å²) in [5, 5.41) is 0. The van der Waals surface area contributed by atoms with Crippen molar-refractivity contribution in [1.29, 1.82) is 0 Å². The van der Waals surface area contributed by atoms with Gasteiger partial charge < -0.3 is 10.5 Å². The number of amidine groups is 1. The molecular formula is C12H18N2O. The molecule has 0 saturated carbocycles. The Morgan fingerprint density at radius 3 is 2.33 bits per heavy atom.